The third-order valence-corrected chi connectivity index (χ3v) is 2.52. The van der Waals surface area contributed by atoms with E-state index >= 15 is 0 Å². The van der Waals surface area contributed by atoms with Crippen LogP contribution in [-0.2, 0) is 10.2 Å². The van der Waals surface area contributed by atoms with Gasteiger partial charge in [-0.2, -0.15) is 0 Å². The Kier molecular flexibility index (Phi) is 6.13. The van der Waals surface area contributed by atoms with Gasteiger partial charge < -0.3 is 11.1 Å². The zero-order valence-corrected chi connectivity index (χ0v) is 10.8. The van der Waals surface area contributed by atoms with Crippen molar-refractivity contribution < 1.29 is 9.18 Å². The number of carbonyl (C=O) groups excluding carboxylic acids is 1. The Bertz CT molecular complexity index is 383. The van der Waals surface area contributed by atoms with Gasteiger partial charge in [0.15, 0.2) is 0 Å². The number of rotatable bonds is 4. The van der Waals surface area contributed by atoms with Crippen molar-refractivity contribution in [3.63, 3.8) is 0 Å². The van der Waals surface area contributed by atoms with Crippen LogP contribution < -0.4 is 11.1 Å². The van der Waals surface area contributed by atoms with E-state index in [4.69, 9.17) is 5.73 Å². The zero-order chi connectivity index (χ0) is 12.2. The summed E-state index contributed by atoms with van der Waals surface area (Å²) in [5, 5.41) is 2.67. The molecule has 0 aromatic heterocycles. The van der Waals surface area contributed by atoms with Crippen molar-refractivity contribution in [3.8, 4) is 0 Å². The molecule has 0 aliphatic carbocycles. The zero-order valence-electron chi connectivity index (χ0n) is 10.00. The van der Waals surface area contributed by atoms with E-state index in [2.05, 4.69) is 5.32 Å². The monoisotopic (exact) mass is 260 g/mol. The van der Waals surface area contributed by atoms with Crippen molar-refractivity contribution in [2.24, 2.45) is 5.73 Å². The normalized spacial score (nSPS) is 10.6. The Labute approximate surface area is 107 Å². The second-order valence-corrected chi connectivity index (χ2v) is 4.34. The summed E-state index contributed by atoms with van der Waals surface area (Å²) in [6.07, 6.45) is 0. The van der Waals surface area contributed by atoms with Gasteiger partial charge in [0.25, 0.3) is 0 Å². The van der Waals surface area contributed by atoms with Crippen LogP contribution in [0.4, 0.5) is 4.39 Å². The topological polar surface area (TPSA) is 55.1 Å². The molecule has 3 nitrogen and oxygen atoms in total. The standard InChI is InChI=1S/C12H17FN2O.ClH/c1-12(2,8-15-11(16)7-14)9-5-3-4-6-10(9)13;/h3-6H,7-8,14H2,1-2H3,(H,15,16);1H. The van der Waals surface area contributed by atoms with E-state index in [9.17, 15) is 9.18 Å². The molecule has 1 aromatic carbocycles. The first-order valence-corrected chi connectivity index (χ1v) is 5.19. The first kappa shape index (κ1) is 15.9. The third kappa shape index (κ3) is 4.32. The van der Waals surface area contributed by atoms with E-state index in [1.807, 2.05) is 13.8 Å². The number of halogens is 2. The lowest BCUT2D eigenvalue weighted by Gasteiger charge is -2.25. The average Bonchev–Trinajstić information content (AvgIpc) is 2.26. The van der Waals surface area contributed by atoms with E-state index in [1.165, 1.54) is 6.07 Å². The smallest absolute Gasteiger partial charge is 0.233 e. The summed E-state index contributed by atoms with van der Waals surface area (Å²) in [6.45, 7) is 4.07. The Morgan fingerprint density at radius 1 is 1.41 bits per heavy atom. The number of amides is 1. The molecule has 0 saturated carbocycles. The third-order valence-electron chi connectivity index (χ3n) is 2.52. The lowest BCUT2D eigenvalue weighted by Crippen LogP contribution is -2.39. The maximum absolute atomic E-state index is 13.6. The first-order valence-electron chi connectivity index (χ1n) is 5.19. The van der Waals surface area contributed by atoms with Gasteiger partial charge >= 0.3 is 0 Å². The number of carbonyl (C=O) groups is 1. The number of benzene rings is 1. The lowest BCUT2D eigenvalue weighted by atomic mass is 9.84. The van der Waals surface area contributed by atoms with Crippen molar-refractivity contribution in [1.29, 1.82) is 0 Å². The molecule has 0 fully saturated rings. The highest BCUT2D eigenvalue weighted by molar-refractivity contribution is 5.85. The fourth-order valence-corrected chi connectivity index (χ4v) is 1.50. The molecule has 0 unspecified atom stereocenters. The largest absolute Gasteiger partial charge is 0.354 e. The van der Waals surface area contributed by atoms with Gasteiger partial charge in [-0.05, 0) is 11.6 Å². The summed E-state index contributed by atoms with van der Waals surface area (Å²) in [4.78, 5) is 11.0. The van der Waals surface area contributed by atoms with Gasteiger partial charge in [-0.3, -0.25) is 4.79 Å². The summed E-state index contributed by atoms with van der Waals surface area (Å²) in [7, 11) is 0. The molecule has 3 N–H and O–H groups in total. The van der Waals surface area contributed by atoms with Crippen LogP contribution in [0.15, 0.2) is 24.3 Å². The van der Waals surface area contributed by atoms with Gasteiger partial charge in [-0.15, -0.1) is 12.4 Å². The summed E-state index contributed by atoms with van der Waals surface area (Å²) in [5.41, 5.74) is 5.33. The maximum Gasteiger partial charge on any atom is 0.233 e. The molecule has 1 aromatic rings. The van der Waals surface area contributed by atoms with E-state index < -0.39 is 5.41 Å². The van der Waals surface area contributed by atoms with Crippen LogP contribution in [-0.4, -0.2) is 19.0 Å². The second kappa shape index (κ2) is 6.57. The first-order chi connectivity index (χ1) is 7.47. The van der Waals surface area contributed by atoms with Crippen molar-refractivity contribution in [2.45, 2.75) is 19.3 Å². The van der Waals surface area contributed by atoms with E-state index in [1.54, 1.807) is 18.2 Å². The Balaban J connectivity index is 0.00000256. The fourth-order valence-electron chi connectivity index (χ4n) is 1.50. The maximum atomic E-state index is 13.6. The molecule has 0 aliphatic heterocycles. The minimum Gasteiger partial charge on any atom is -0.354 e. The molecule has 0 bridgehead atoms. The van der Waals surface area contributed by atoms with Gasteiger partial charge in [0.05, 0.1) is 6.54 Å². The molecular weight excluding hydrogens is 243 g/mol. The van der Waals surface area contributed by atoms with Gasteiger partial charge in [-0.1, -0.05) is 32.0 Å². The van der Waals surface area contributed by atoms with Crippen LogP contribution in [0.3, 0.4) is 0 Å². The van der Waals surface area contributed by atoms with Crippen LogP contribution in [0.5, 0.6) is 0 Å². The second-order valence-electron chi connectivity index (χ2n) is 4.34. The molecule has 0 radical (unpaired) electrons. The molecule has 0 atom stereocenters. The van der Waals surface area contributed by atoms with Crippen molar-refractivity contribution in [1.82, 2.24) is 5.32 Å². The molecule has 5 heteroatoms. The van der Waals surface area contributed by atoms with Gasteiger partial charge in [-0.25, -0.2) is 4.39 Å². The molecule has 96 valence electrons. The lowest BCUT2D eigenvalue weighted by molar-refractivity contribution is -0.119. The van der Waals surface area contributed by atoms with E-state index in [-0.39, 0.29) is 30.7 Å². The van der Waals surface area contributed by atoms with Crippen molar-refractivity contribution in [2.75, 3.05) is 13.1 Å². The summed E-state index contributed by atoms with van der Waals surface area (Å²) in [6, 6.07) is 6.57. The molecule has 0 aliphatic rings. The van der Waals surface area contributed by atoms with Crippen molar-refractivity contribution >= 4 is 18.3 Å². The van der Waals surface area contributed by atoms with Crippen LogP contribution in [0, 0.1) is 5.82 Å². The molecule has 17 heavy (non-hydrogen) atoms. The molecule has 0 saturated heterocycles. The fraction of sp³-hybridized carbons (Fsp3) is 0.417. The quantitative estimate of drug-likeness (QED) is 0.864. The van der Waals surface area contributed by atoms with Crippen LogP contribution in [0.25, 0.3) is 0 Å². The molecule has 1 amide bonds. The summed E-state index contributed by atoms with van der Waals surface area (Å²) >= 11 is 0. The minimum atomic E-state index is -0.448. The molecule has 0 spiro atoms. The van der Waals surface area contributed by atoms with Gasteiger partial charge in [0, 0.05) is 12.0 Å². The highest BCUT2D eigenvalue weighted by Gasteiger charge is 2.24. The number of nitrogens with two attached hydrogens (primary N) is 1. The summed E-state index contributed by atoms with van der Waals surface area (Å²) < 4.78 is 13.6. The SMILES string of the molecule is CC(C)(CNC(=O)CN)c1ccccc1F.Cl. The van der Waals surface area contributed by atoms with Crippen molar-refractivity contribution in [3.05, 3.63) is 35.6 Å². The predicted octanol–water partition coefficient (Wildman–Crippen LogP) is 1.60. The number of hydrogen-bond donors (Lipinski definition) is 2. The Morgan fingerprint density at radius 3 is 2.53 bits per heavy atom. The van der Waals surface area contributed by atoms with Crippen LogP contribution >= 0.6 is 12.4 Å². The molecule has 0 heterocycles. The predicted molar refractivity (Wildman–Crippen MR) is 68.7 cm³/mol. The Morgan fingerprint density at radius 2 is 2.00 bits per heavy atom. The van der Waals surface area contributed by atoms with E-state index in [0.717, 1.165) is 0 Å². The van der Waals surface area contributed by atoms with Crippen LogP contribution in [0.1, 0.15) is 19.4 Å². The highest BCUT2D eigenvalue weighted by Crippen LogP contribution is 2.24. The Hall–Kier alpha value is -1.13. The van der Waals surface area contributed by atoms with Gasteiger partial charge in [0.1, 0.15) is 5.82 Å². The number of nitrogens with one attached hydrogen (secondary N) is 1. The average molecular weight is 261 g/mol. The molecular formula is C12H18ClFN2O. The highest BCUT2D eigenvalue weighted by atomic mass is 35.5. The van der Waals surface area contributed by atoms with E-state index in [0.29, 0.717) is 12.1 Å². The minimum absolute atomic E-state index is 0. The summed E-state index contributed by atoms with van der Waals surface area (Å²) in [5.74, 6) is -0.487. The van der Waals surface area contributed by atoms with Gasteiger partial charge in [0.2, 0.25) is 5.91 Å². The van der Waals surface area contributed by atoms with Crippen LogP contribution in [0.2, 0.25) is 0 Å². The number of hydrogen-bond acceptors (Lipinski definition) is 2. The molecule has 1 rings (SSSR count).